The summed E-state index contributed by atoms with van der Waals surface area (Å²) in [6.45, 7) is -3.10. The smallest absolute Gasteiger partial charge is 0.387 e. The molecule has 0 fully saturated rings. The molecule has 0 aliphatic heterocycles. The van der Waals surface area contributed by atoms with Gasteiger partial charge in [0.25, 0.3) is 5.91 Å². The van der Waals surface area contributed by atoms with E-state index in [1.165, 1.54) is 30.5 Å². The molecule has 0 aliphatic carbocycles. The zero-order valence-corrected chi connectivity index (χ0v) is 14.4. The minimum absolute atomic E-state index is 0.0555. The van der Waals surface area contributed by atoms with E-state index in [0.717, 1.165) is 3.57 Å². The van der Waals surface area contributed by atoms with Gasteiger partial charge in [-0.3, -0.25) is 4.79 Å². The zero-order valence-electron chi connectivity index (χ0n) is 12.3. The summed E-state index contributed by atoms with van der Waals surface area (Å²) in [7, 11) is 0. The molecule has 1 N–H and O–H groups in total. The molecule has 2 aromatic rings. The molecule has 2 aromatic carbocycles. The molecule has 126 valence electrons. The lowest BCUT2D eigenvalue weighted by Crippen LogP contribution is -2.16. The van der Waals surface area contributed by atoms with Crippen LogP contribution in [-0.2, 0) is 9.63 Å². The molecule has 0 heterocycles. The maximum atomic E-state index is 12.0. The minimum atomic E-state index is -2.86. The molecule has 0 unspecified atom stereocenters. The Morgan fingerprint density at radius 2 is 2.00 bits per heavy atom. The van der Waals surface area contributed by atoms with Gasteiger partial charge in [0, 0.05) is 9.26 Å². The Morgan fingerprint density at radius 1 is 1.25 bits per heavy atom. The number of halogens is 3. The second-order valence-electron chi connectivity index (χ2n) is 4.51. The van der Waals surface area contributed by atoms with Crippen molar-refractivity contribution in [3.63, 3.8) is 0 Å². The number of hydrogen-bond donors (Lipinski definition) is 1. The van der Waals surface area contributed by atoms with E-state index in [9.17, 15) is 13.6 Å². The number of alkyl halides is 2. The van der Waals surface area contributed by atoms with Crippen molar-refractivity contribution in [2.24, 2.45) is 5.16 Å². The van der Waals surface area contributed by atoms with Gasteiger partial charge in [-0.2, -0.15) is 8.78 Å². The lowest BCUT2D eigenvalue weighted by molar-refractivity contribution is -0.120. The molecule has 1 amide bonds. The Balaban J connectivity index is 1.76. The first-order valence-corrected chi connectivity index (χ1v) is 7.86. The Kier molecular flexibility index (Phi) is 6.91. The molecule has 0 spiro atoms. The number of hydrogen-bond acceptors (Lipinski definition) is 4. The Morgan fingerprint density at radius 3 is 2.67 bits per heavy atom. The van der Waals surface area contributed by atoms with Crippen LogP contribution in [0.1, 0.15) is 5.56 Å². The lowest BCUT2D eigenvalue weighted by Gasteiger charge is -2.05. The molecule has 0 aromatic heterocycles. The summed E-state index contributed by atoms with van der Waals surface area (Å²) in [6, 6.07) is 13.2. The van der Waals surface area contributed by atoms with Crippen LogP contribution in [0.15, 0.2) is 53.7 Å². The Hall–Kier alpha value is -2.23. The molecule has 0 atom stereocenters. The number of carbonyl (C=O) groups is 1. The van der Waals surface area contributed by atoms with Crippen LogP contribution in [0.3, 0.4) is 0 Å². The number of oxime groups is 1. The fraction of sp³-hybridized carbons (Fsp3) is 0.125. The van der Waals surface area contributed by atoms with E-state index in [0.29, 0.717) is 11.3 Å². The van der Waals surface area contributed by atoms with Gasteiger partial charge in [0.05, 0.1) is 6.21 Å². The first-order chi connectivity index (χ1) is 11.5. The van der Waals surface area contributed by atoms with Crippen LogP contribution >= 0.6 is 22.6 Å². The summed E-state index contributed by atoms with van der Waals surface area (Å²) in [4.78, 5) is 16.6. The first-order valence-electron chi connectivity index (χ1n) is 6.78. The van der Waals surface area contributed by atoms with E-state index >= 15 is 0 Å². The van der Waals surface area contributed by atoms with Crippen molar-refractivity contribution in [1.29, 1.82) is 0 Å². The molecule has 2 rings (SSSR count). The highest BCUT2D eigenvalue weighted by atomic mass is 127. The third-order valence-corrected chi connectivity index (χ3v) is 3.36. The summed E-state index contributed by atoms with van der Waals surface area (Å²) in [5.74, 6) is -0.283. The molecule has 0 radical (unpaired) electrons. The van der Waals surface area contributed by atoms with Crippen molar-refractivity contribution in [3.8, 4) is 5.75 Å². The fourth-order valence-electron chi connectivity index (χ4n) is 1.69. The average molecular weight is 446 g/mol. The number of amides is 1. The highest BCUT2D eigenvalue weighted by Crippen LogP contribution is 2.14. The molecule has 8 heteroatoms. The maximum Gasteiger partial charge on any atom is 0.387 e. The number of nitrogens with zero attached hydrogens (tertiary/aromatic N) is 1. The number of benzene rings is 2. The van der Waals surface area contributed by atoms with E-state index in [1.807, 2.05) is 18.2 Å². The quantitative estimate of drug-likeness (QED) is 0.399. The summed E-state index contributed by atoms with van der Waals surface area (Å²) in [6.07, 6.45) is 1.37. The summed E-state index contributed by atoms with van der Waals surface area (Å²) >= 11 is 2.15. The summed E-state index contributed by atoms with van der Waals surface area (Å²) in [5.41, 5.74) is 1.30. The average Bonchev–Trinajstić information content (AvgIpc) is 2.52. The van der Waals surface area contributed by atoms with Crippen LogP contribution in [0.5, 0.6) is 5.75 Å². The second kappa shape index (κ2) is 9.16. The normalized spacial score (nSPS) is 10.8. The molecule has 0 saturated heterocycles. The van der Waals surface area contributed by atoms with Crippen LogP contribution in [0.25, 0.3) is 0 Å². The van der Waals surface area contributed by atoms with E-state index in [-0.39, 0.29) is 18.3 Å². The van der Waals surface area contributed by atoms with Gasteiger partial charge >= 0.3 is 6.61 Å². The summed E-state index contributed by atoms with van der Waals surface area (Å²) < 4.78 is 29.3. The highest BCUT2D eigenvalue weighted by molar-refractivity contribution is 14.1. The van der Waals surface area contributed by atoms with Gasteiger partial charge in [-0.15, -0.1) is 0 Å². The number of rotatable bonds is 7. The van der Waals surface area contributed by atoms with Crippen molar-refractivity contribution in [1.82, 2.24) is 0 Å². The van der Waals surface area contributed by atoms with Crippen LogP contribution < -0.4 is 10.1 Å². The van der Waals surface area contributed by atoms with Crippen molar-refractivity contribution in [2.75, 3.05) is 11.9 Å². The van der Waals surface area contributed by atoms with Gasteiger partial charge in [-0.05, 0) is 70.6 Å². The summed E-state index contributed by atoms with van der Waals surface area (Å²) in [5, 5.41) is 6.33. The molecular formula is C16H13F2IN2O3. The third-order valence-electron chi connectivity index (χ3n) is 2.69. The van der Waals surface area contributed by atoms with Crippen molar-refractivity contribution < 1.29 is 23.1 Å². The number of ether oxygens (including phenoxy) is 1. The SMILES string of the molecule is O=C(CO/N=C/c1ccc(OC(F)F)cc1)Nc1cccc(I)c1. The van der Waals surface area contributed by atoms with E-state index in [1.54, 1.807) is 6.07 Å². The van der Waals surface area contributed by atoms with E-state index < -0.39 is 6.61 Å². The van der Waals surface area contributed by atoms with E-state index in [2.05, 4.69) is 37.8 Å². The van der Waals surface area contributed by atoms with Gasteiger partial charge in [-0.25, -0.2) is 0 Å². The molecule has 0 saturated carbocycles. The van der Waals surface area contributed by atoms with Gasteiger partial charge in [0.1, 0.15) is 5.75 Å². The van der Waals surface area contributed by atoms with Crippen LogP contribution in [0, 0.1) is 3.57 Å². The Labute approximate surface area is 150 Å². The van der Waals surface area contributed by atoms with Crippen LogP contribution in [0.2, 0.25) is 0 Å². The van der Waals surface area contributed by atoms with E-state index in [4.69, 9.17) is 4.84 Å². The van der Waals surface area contributed by atoms with Gasteiger partial charge in [-0.1, -0.05) is 11.2 Å². The van der Waals surface area contributed by atoms with Crippen molar-refractivity contribution >= 4 is 40.4 Å². The minimum Gasteiger partial charge on any atom is -0.435 e. The predicted molar refractivity (Wildman–Crippen MR) is 94.4 cm³/mol. The molecular weight excluding hydrogens is 433 g/mol. The highest BCUT2D eigenvalue weighted by Gasteiger charge is 2.04. The monoisotopic (exact) mass is 446 g/mol. The number of anilines is 1. The molecule has 0 bridgehead atoms. The topological polar surface area (TPSA) is 59.9 Å². The molecule has 24 heavy (non-hydrogen) atoms. The second-order valence-corrected chi connectivity index (χ2v) is 5.76. The zero-order chi connectivity index (χ0) is 17.4. The number of carbonyl (C=O) groups excluding carboxylic acids is 1. The third kappa shape index (κ3) is 6.49. The van der Waals surface area contributed by atoms with Gasteiger partial charge < -0.3 is 14.9 Å². The largest absolute Gasteiger partial charge is 0.435 e. The van der Waals surface area contributed by atoms with Crippen LogP contribution in [0.4, 0.5) is 14.5 Å². The predicted octanol–water partition coefficient (Wildman–Crippen LogP) is 3.88. The number of nitrogens with one attached hydrogen (secondary N) is 1. The molecule has 0 aliphatic rings. The lowest BCUT2D eigenvalue weighted by atomic mass is 10.2. The maximum absolute atomic E-state index is 12.0. The van der Waals surface area contributed by atoms with Gasteiger partial charge in [0.15, 0.2) is 6.61 Å². The standard InChI is InChI=1S/C16H13F2IN2O3/c17-16(18)24-14-6-4-11(5-7-14)9-20-23-10-15(22)21-13-3-1-2-12(19)8-13/h1-9,16H,10H2,(H,21,22)/b20-9+. The van der Waals surface area contributed by atoms with Crippen LogP contribution in [-0.4, -0.2) is 25.3 Å². The molecule has 5 nitrogen and oxygen atoms in total. The first kappa shape index (κ1) is 18.1. The fourth-order valence-corrected chi connectivity index (χ4v) is 2.24. The Bertz CT molecular complexity index is 709. The van der Waals surface area contributed by atoms with Gasteiger partial charge in [0.2, 0.25) is 0 Å². The van der Waals surface area contributed by atoms with Crippen molar-refractivity contribution in [3.05, 3.63) is 57.7 Å². The van der Waals surface area contributed by atoms with Crippen molar-refractivity contribution in [2.45, 2.75) is 6.61 Å².